The van der Waals surface area contributed by atoms with Gasteiger partial charge < -0.3 is 5.32 Å². The normalized spacial score (nSPS) is 12.1. The van der Waals surface area contributed by atoms with Gasteiger partial charge in [0.25, 0.3) is 0 Å². The Hall–Kier alpha value is -0.540. The maximum atomic E-state index is 5.75. The van der Waals surface area contributed by atoms with Crippen molar-refractivity contribution in [1.29, 1.82) is 0 Å². The van der Waals surface area contributed by atoms with Crippen LogP contribution >= 0.6 is 11.6 Å². The van der Waals surface area contributed by atoms with Crippen molar-refractivity contribution in [1.82, 2.24) is 15.1 Å². The molecule has 0 aliphatic rings. The molecule has 0 aliphatic heterocycles. The first-order valence-electron chi connectivity index (χ1n) is 6.77. The van der Waals surface area contributed by atoms with E-state index in [1.165, 1.54) is 5.69 Å². The van der Waals surface area contributed by atoms with Gasteiger partial charge in [0.2, 0.25) is 0 Å². The quantitative estimate of drug-likeness (QED) is 0.737. The zero-order valence-electron chi connectivity index (χ0n) is 12.1. The van der Waals surface area contributed by atoms with E-state index >= 15 is 0 Å². The van der Waals surface area contributed by atoms with Crippen molar-refractivity contribution in [3.05, 3.63) is 17.5 Å². The smallest absolute Gasteiger partial charge is 0.0625 e. The summed E-state index contributed by atoms with van der Waals surface area (Å²) < 4.78 is 1.97. The lowest BCUT2D eigenvalue weighted by atomic mass is 9.88. The number of nitrogens with one attached hydrogen (secondary N) is 1. The summed E-state index contributed by atoms with van der Waals surface area (Å²) in [4.78, 5) is 0. The number of halogens is 1. The summed E-state index contributed by atoms with van der Waals surface area (Å²) in [6.45, 7) is 8.60. The minimum atomic E-state index is 0.307. The average Bonchev–Trinajstić information content (AvgIpc) is 2.68. The molecule has 0 saturated heterocycles. The Balaban J connectivity index is 2.38. The van der Waals surface area contributed by atoms with E-state index in [9.17, 15) is 0 Å². The van der Waals surface area contributed by atoms with Crippen molar-refractivity contribution >= 4 is 11.6 Å². The number of aromatic nitrogens is 2. The fourth-order valence-corrected chi connectivity index (χ4v) is 2.21. The Kier molecular flexibility index (Phi) is 6.16. The largest absolute Gasteiger partial charge is 0.311 e. The third-order valence-corrected chi connectivity index (χ3v) is 3.55. The third kappa shape index (κ3) is 4.99. The molecule has 1 heterocycles. The fourth-order valence-electron chi connectivity index (χ4n) is 2.07. The van der Waals surface area contributed by atoms with Gasteiger partial charge in [0.1, 0.15) is 0 Å². The molecular weight excluding hydrogens is 246 g/mol. The number of hydrogen-bond donors (Lipinski definition) is 1. The van der Waals surface area contributed by atoms with Crippen LogP contribution in [0.15, 0.2) is 6.07 Å². The van der Waals surface area contributed by atoms with E-state index in [0.29, 0.717) is 5.41 Å². The first-order chi connectivity index (χ1) is 8.48. The summed E-state index contributed by atoms with van der Waals surface area (Å²) in [5.41, 5.74) is 2.72. The summed E-state index contributed by atoms with van der Waals surface area (Å²) in [6, 6.07) is 2.18. The summed E-state index contributed by atoms with van der Waals surface area (Å²) in [5, 5.41) is 7.98. The average molecular weight is 272 g/mol. The highest BCUT2D eigenvalue weighted by Gasteiger charge is 2.16. The molecule has 4 heteroatoms. The second kappa shape index (κ2) is 7.15. The van der Waals surface area contributed by atoms with Crippen LogP contribution in [0, 0.1) is 5.41 Å². The lowest BCUT2D eigenvalue weighted by molar-refractivity contribution is 0.310. The molecule has 1 rings (SSSR count). The van der Waals surface area contributed by atoms with E-state index in [2.05, 4.69) is 37.3 Å². The minimum absolute atomic E-state index is 0.307. The van der Waals surface area contributed by atoms with Crippen LogP contribution in [0.1, 0.15) is 45.0 Å². The molecule has 3 nitrogen and oxygen atoms in total. The standard InChI is InChI=1S/C14H26ClN3/c1-5-12-9-13(18(4)17-12)10-16-11-14(2,3)7-6-8-15/h9,16H,5-8,10-11H2,1-4H3. The van der Waals surface area contributed by atoms with E-state index in [1.807, 2.05) is 11.7 Å². The van der Waals surface area contributed by atoms with E-state index in [1.54, 1.807) is 0 Å². The number of aryl methyl sites for hydroxylation is 2. The van der Waals surface area contributed by atoms with E-state index in [0.717, 1.165) is 43.9 Å². The van der Waals surface area contributed by atoms with Crippen molar-refractivity contribution < 1.29 is 0 Å². The maximum absolute atomic E-state index is 5.75. The molecular formula is C14H26ClN3. The summed E-state index contributed by atoms with van der Waals surface area (Å²) in [7, 11) is 2.01. The van der Waals surface area contributed by atoms with Gasteiger partial charge in [-0.1, -0.05) is 20.8 Å². The lowest BCUT2D eigenvalue weighted by Crippen LogP contribution is -2.29. The molecule has 0 saturated carbocycles. The molecule has 1 aromatic heterocycles. The minimum Gasteiger partial charge on any atom is -0.311 e. The van der Waals surface area contributed by atoms with Crippen molar-refractivity contribution in [2.75, 3.05) is 12.4 Å². The van der Waals surface area contributed by atoms with Crippen LogP contribution in [0.4, 0.5) is 0 Å². The van der Waals surface area contributed by atoms with Crippen LogP contribution in [0.25, 0.3) is 0 Å². The monoisotopic (exact) mass is 271 g/mol. The van der Waals surface area contributed by atoms with Crippen LogP contribution in [0.5, 0.6) is 0 Å². The van der Waals surface area contributed by atoms with Gasteiger partial charge in [-0.3, -0.25) is 4.68 Å². The molecule has 0 spiro atoms. The first-order valence-corrected chi connectivity index (χ1v) is 7.30. The predicted molar refractivity (Wildman–Crippen MR) is 78.0 cm³/mol. The Labute approximate surface area is 116 Å². The molecule has 0 atom stereocenters. The zero-order valence-corrected chi connectivity index (χ0v) is 12.8. The predicted octanol–water partition coefficient (Wildman–Crippen LogP) is 3.12. The van der Waals surface area contributed by atoms with Crippen LogP contribution in [0.2, 0.25) is 0 Å². The van der Waals surface area contributed by atoms with Gasteiger partial charge in [-0.2, -0.15) is 5.10 Å². The van der Waals surface area contributed by atoms with E-state index in [4.69, 9.17) is 11.6 Å². The lowest BCUT2D eigenvalue weighted by Gasteiger charge is -2.24. The summed E-state index contributed by atoms with van der Waals surface area (Å²) in [6.07, 6.45) is 3.24. The number of alkyl halides is 1. The molecule has 1 aromatic rings. The van der Waals surface area contributed by atoms with Gasteiger partial charge in [-0.05, 0) is 30.7 Å². The van der Waals surface area contributed by atoms with Crippen LogP contribution < -0.4 is 5.32 Å². The summed E-state index contributed by atoms with van der Waals surface area (Å²) in [5.74, 6) is 0.755. The molecule has 0 amide bonds. The van der Waals surface area contributed by atoms with Gasteiger partial charge in [-0.25, -0.2) is 0 Å². The molecule has 0 fully saturated rings. The molecule has 0 aromatic carbocycles. The highest BCUT2D eigenvalue weighted by Crippen LogP contribution is 2.21. The number of nitrogens with zero attached hydrogens (tertiary/aromatic N) is 2. The Morgan fingerprint density at radius 2 is 2.17 bits per heavy atom. The van der Waals surface area contributed by atoms with Crippen molar-refractivity contribution in [2.24, 2.45) is 12.5 Å². The second-order valence-electron chi connectivity index (χ2n) is 5.66. The molecule has 0 radical (unpaired) electrons. The summed E-state index contributed by atoms with van der Waals surface area (Å²) >= 11 is 5.75. The van der Waals surface area contributed by atoms with Gasteiger partial charge in [0.05, 0.1) is 11.4 Å². The maximum Gasteiger partial charge on any atom is 0.0625 e. The van der Waals surface area contributed by atoms with E-state index < -0.39 is 0 Å². The van der Waals surface area contributed by atoms with Crippen molar-refractivity contribution in [2.45, 2.75) is 46.6 Å². The van der Waals surface area contributed by atoms with Gasteiger partial charge in [0.15, 0.2) is 0 Å². The van der Waals surface area contributed by atoms with E-state index in [-0.39, 0.29) is 0 Å². The van der Waals surface area contributed by atoms with Crippen molar-refractivity contribution in [3.63, 3.8) is 0 Å². The topological polar surface area (TPSA) is 29.9 Å². The van der Waals surface area contributed by atoms with Gasteiger partial charge in [0, 0.05) is 26.0 Å². The van der Waals surface area contributed by atoms with Crippen LogP contribution in [0.3, 0.4) is 0 Å². The van der Waals surface area contributed by atoms with Crippen LogP contribution in [-0.4, -0.2) is 22.2 Å². The molecule has 1 N–H and O–H groups in total. The molecule has 104 valence electrons. The number of rotatable bonds is 8. The SMILES string of the molecule is CCc1cc(CNCC(C)(C)CCCCl)n(C)n1. The molecule has 18 heavy (non-hydrogen) atoms. The Bertz CT molecular complexity index is 358. The highest BCUT2D eigenvalue weighted by molar-refractivity contribution is 6.17. The molecule has 0 unspecified atom stereocenters. The van der Waals surface area contributed by atoms with Crippen molar-refractivity contribution in [3.8, 4) is 0 Å². The molecule has 0 aliphatic carbocycles. The zero-order chi connectivity index (χ0) is 13.6. The third-order valence-electron chi connectivity index (χ3n) is 3.29. The Morgan fingerprint density at radius 3 is 2.72 bits per heavy atom. The Morgan fingerprint density at radius 1 is 1.44 bits per heavy atom. The highest BCUT2D eigenvalue weighted by atomic mass is 35.5. The fraction of sp³-hybridized carbons (Fsp3) is 0.786. The van der Waals surface area contributed by atoms with Gasteiger partial charge >= 0.3 is 0 Å². The number of hydrogen-bond acceptors (Lipinski definition) is 2. The second-order valence-corrected chi connectivity index (χ2v) is 6.04. The van der Waals surface area contributed by atoms with Crippen LogP contribution in [-0.2, 0) is 20.0 Å². The molecule has 0 bridgehead atoms. The van der Waals surface area contributed by atoms with Gasteiger partial charge in [-0.15, -0.1) is 11.6 Å². The first kappa shape index (κ1) is 15.5.